The molecule has 0 spiro atoms. The van der Waals surface area contributed by atoms with E-state index in [1.54, 1.807) is 18.2 Å². The van der Waals surface area contributed by atoms with Crippen LogP contribution in [-0.2, 0) is 0 Å². The molecule has 4 heteroatoms. The third-order valence-electron chi connectivity index (χ3n) is 1.30. The van der Waals surface area contributed by atoms with Crippen molar-refractivity contribution in [1.82, 2.24) is 4.98 Å². The minimum atomic E-state index is 0.0926. The quantitative estimate of drug-likeness (QED) is 0.550. The molecule has 0 saturated carbocycles. The van der Waals surface area contributed by atoms with E-state index in [9.17, 15) is 0 Å². The zero-order valence-corrected chi connectivity index (χ0v) is 5.94. The SMILES string of the molecule is N#Cc1cncc(C#N)c1C#N. The topological polar surface area (TPSA) is 84.3 Å². The summed E-state index contributed by atoms with van der Waals surface area (Å²) in [4.78, 5) is 3.64. The summed E-state index contributed by atoms with van der Waals surface area (Å²) in [5.74, 6) is 0. The average Bonchev–Trinajstić information content (AvgIpc) is 2.16. The van der Waals surface area contributed by atoms with Gasteiger partial charge in [0.1, 0.15) is 18.2 Å². The van der Waals surface area contributed by atoms with Crippen molar-refractivity contribution in [3.8, 4) is 18.2 Å². The lowest BCUT2D eigenvalue weighted by atomic mass is 10.1. The molecule has 12 heavy (non-hydrogen) atoms. The van der Waals surface area contributed by atoms with Crippen LogP contribution in [0.4, 0.5) is 0 Å². The second-order valence-corrected chi connectivity index (χ2v) is 1.95. The molecule has 0 amide bonds. The van der Waals surface area contributed by atoms with Gasteiger partial charge in [0.25, 0.3) is 0 Å². The first-order valence-electron chi connectivity index (χ1n) is 3.01. The summed E-state index contributed by atoms with van der Waals surface area (Å²) in [5.41, 5.74) is 0.364. The molecule has 0 fully saturated rings. The maximum atomic E-state index is 8.58. The van der Waals surface area contributed by atoms with Gasteiger partial charge in [-0.3, -0.25) is 4.98 Å². The van der Waals surface area contributed by atoms with Crippen LogP contribution in [0.2, 0.25) is 0 Å². The molecular weight excluding hydrogens is 152 g/mol. The first kappa shape index (κ1) is 7.72. The lowest BCUT2D eigenvalue weighted by Gasteiger charge is -1.93. The Morgan fingerprint density at radius 2 is 1.42 bits per heavy atom. The summed E-state index contributed by atoms with van der Waals surface area (Å²) < 4.78 is 0. The molecule has 0 unspecified atom stereocenters. The summed E-state index contributed by atoms with van der Waals surface area (Å²) >= 11 is 0. The third-order valence-corrected chi connectivity index (χ3v) is 1.30. The molecule has 0 aromatic carbocycles. The van der Waals surface area contributed by atoms with Crippen molar-refractivity contribution in [2.45, 2.75) is 0 Å². The second kappa shape index (κ2) is 3.14. The van der Waals surface area contributed by atoms with Crippen LogP contribution >= 0.6 is 0 Å². The van der Waals surface area contributed by atoms with Gasteiger partial charge in [0.05, 0.1) is 16.7 Å². The molecular formula is C8H2N4. The van der Waals surface area contributed by atoms with Crippen molar-refractivity contribution in [1.29, 1.82) is 15.8 Å². The van der Waals surface area contributed by atoms with E-state index >= 15 is 0 Å². The van der Waals surface area contributed by atoms with Crippen LogP contribution in [0, 0.1) is 34.0 Å². The summed E-state index contributed by atoms with van der Waals surface area (Å²) in [7, 11) is 0. The summed E-state index contributed by atoms with van der Waals surface area (Å²) in [6.45, 7) is 0. The van der Waals surface area contributed by atoms with Gasteiger partial charge in [0.2, 0.25) is 0 Å². The predicted octanol–water partition coefficient (Wildman–Crippen LogP) is 0.697. The Labute approximate surface area is 68.9 Å². The van der Waals surface area contributed by atoms with Crippen LogP contribution in [0.3, 0.4) is 0 Å². The highest BCUT2D eigenvalue weighted by Crippen LogP contribution is 2.09. The van der Waals surface area contributed by atoms with Crippen LogP contribution < -0.4 is 0 Å². The first-order valence-corrected chi connectivity index (χ1v) is 3.01. The van der Waals surface area contributed by atoms with E-state index in [0.717, 1.165) is 0 Å². The number of rotatable bonds is 0. The van der Waals surface area contributed by atoms with Crippen molar-refractivity contribution >= 4 is 0 Å². The molecule has 0 saturated heterocycles. The van der Waals surface area contributed by atoms with E-state index in [-0.39, 0.29) is 16.7 Å². The fraction of sp³-hybridized carbons (Fsp3) is 0. The minimum absolute atomic E-state index is 0.0926. The lowest BCUT2D eigenvalue weighted by Crippen LogP contribution is -1.90. The maximum absolute atomic E-state index is 8.58. The maximum Gasteiger partial charge on any atom is 0.102 e. The molecule has 0 bridgehead atoms. The molecule has 0 N–H and O–H groups in total. The van der Waals surface area contributed by atoms with E-state index in [1.165, 1.54) is 12.4 Å². The van der Waals surface area contributed by atoms with Crippen molar-refractivity contribution < 1.29 is 0 Å². The molecule has 1 heterocycles. The molecule has 0 aliphatic heterocycles. The van der Waals surface area contributed by atoms with E-state index < -0.39 is 0 Å². The van der Waals surface area contributed by atoms with Gasteiger partial charge in [-0.2, -0.15) is 15.8 Å². The lowest BCUT2D eigenvalue weighted by molar-refractivity contribution is 1.26. The van der Waals surface area contributed by atoms with Crippen LogP contribution in [0.1, 0.15) is 16.7 Å². The fourth-order valence-corrected chi connectivity index (χ4v) is 0.751. The Kier molecular flexibility index (Phi) is 2.02. The van der Waals surface area contributed by atoms with Gasteiger partial charge in [0, 0.05) is 12.4 Å². The largest absolute Gasteiger partial charge is 0.262 e. The van der Waals surface area contributed by atoms with Crippen molar-refractivity contribution in [2.24, 2.45) is 0 Å². The Balaban J connectivity index is 3.51. The summed E-state index contributed by atoms with van der Waals surface area (Å²) in [6, 6.07) is 5.35. The zero-order chi connectivity index (χ0) is 8.97. The van der Waals surface area contributed by atoms with Gasteiger partial charge in [-0.05, 0) is 0 Å². The normalized spacial score (nSPS) is 7.75. The summed E-state index contributed by atoms with van der Waals surface area (Å²) in [6.07, 6.45) is 2.53. The van der Waals surface area contributed by atoms with Crippen molar-refractivity contribution in [3.63, 3.8) is 0 Å². The highest BCUT2D eigenvalue weighted by atomic mass is 14.6. The highest BCUT2D eigenvalue weighted by molar-refractivity contribution is 5.52. The smallest absolute Gasteiger partial charge is 0.102 e. The number of aromatic nitrogens is 1. The number of nitrogens with zero attached hydrogens (tertiary/aromatic N) is 4. The standard InChI is InChI=1S/C8H2N4/c9-1-6-4-12-5-7(2-10)8(6)3-11/h4-5H. The molecule has 4 nitrogen and oxygen atoms in total. The van der Waals surface area contributed by atoms with Gasteiger partial charge < -0.3 is 0 Å². The van der Waals surface area contributed by atoms with Crippen LogP contribution in [-0.4, -0.2) is 4.98 Å². The molecule has 54 valence electrons. The van der Waals surface area contributed by atoms with E-state index in [2.05, 4.69) is 4.98 Å². The molecule has 0 radical (unpaired) electrons. The number of hydrogen-bond acceptors (Lipinski definition) is 4. The Morgan fingerprint density at radius 3 is 1.75 bits per heavy atom. The van der Waals surface area contributed by atoms with Crippen molar-refractivity contribution in [3.05, 3.63) is 29.1 Å². The molecule has 1 aromatic heterocycles. The predicted molar refractivity (Wildman–Crippen MR) is 38.4 cm³/mol. The first-order chi connectivity index (χ1) is 5.83. The summed E-state index contributed by atoms with van der Waals surface area (Å²) in [5, 5.41) is 25.6. The van der Waals surface area contributed by atoms with E-state index in [1.807, 2.05) is 0 Å². The van der Waals surface area contributed by atoms with Gasteiger partial charge in [0.15, 0.2) is 0 Å². The van der Waals surface area contributed by atoms with Gasteiger partial charge >= 0.3 is 0 Å². The third kappa shape index (κ3) is 1.08. The number of hydrogen-bond donors (Lipinski definition) is 0. The van der Waals surface area contributed by atoms with E-state index in [4.69, 9.17) is 15.8 Å². The van der Waals surface area contributed by atoms with Gasteiger partial charge in [-0.15, -0.1) is 0 Å². The van der Waals surface area contributed by atoms with E-state index in [0.29, 0.717) is 0 Å². The number of pyridine rings is 1. The Hall–Kier alpha value is -2.38. The fourth-order valence-electron chi connectivity index (χ4n) is 0.751. The average molecular weight is 154 g/mol. The van der Waals surface area contributed by atoms with Gasteiger partial charge in [-0.25, -0.2) is 0 Å². The second-order valence-electron chi connectivity index (χ2n) is 1.95. The molecule has 1 aromatic rings. The molecule has 0 aliphatic rings. The highest BCUT2D eigenvalue weighted by Gasteiger charge is 2.06. The minimum Gasteiger partial charge on any atom is -0.262 e. The zero-order valence-electron chi connectivity index (χ0n) is 5.94. The Bertz CT molecular complexity index is 396. The molecule has 0 atom stereocenters. The van der Waals surface area contributed by atoms with Crippen LogP contribution in [0.15, 0.2) is 12.4 Å². The number of nitriles is 3. The monoisotopic (exact) mass is 154 g/mol. The van der Waals surface area contributed by atoms with Crippen LogP contribution in [0.5, 0.6) is 0 Å². The van der Waals surface area contributed by atoms with Crippen molar-refractivity contribution in [2.75, 3.05) is 0 Å². The van der Waals surface area contributed by atoms with Crippen LogP contribution in [0.25, 0.3) is 0 Å². The van der Waals surface area contributed by atoms with Gasteiger partial charge in [-0.1, -0.05) is 0 Å². The molecule has 0 aliphatic carbocycles. The Morgan fingerprint density at radius 1 is 0.917 bits per heavy atom. The molecule has 1 rings (SSSR count).